The van der Waals surface area contributed by atoms with Crippen molar-refractivity contribution in [2.24, 2.45) is 0 Å². The summed E-state index contributed by atoms with van der Waals surface area (Å²) < 4.78 is 41.7. The van der Waals surface area contributed by atoms with Crippen LogP contribution in [0.15, 0.2) is 53.1 Å². The largest absolute Gasteiger partial charge is 0.495 e. The number of carbonyl (C=O) groups excluding carboxylic acids is 1. The number of ether oxygens (including phenoxy) is 2. The highest BCUT2D eigenvalue weighted by molar-refractivity contribution is 7.92. The first-order chi connectivity index (χ1) is 16.3. The molecule has 3 aromatic rings. The highest BCUT2D eigenvalue weighted by Crippen LogP contribution is 2.29. The molecule has 2 aromatic carbocycles. The molecule has 1 aromatic heterocycles. The van der Waals surface area contributed by atoms with Crippen molar-refractivity contribution < 1.29 is 27.2 Å². The third kappa shape index (κ3) is 6.70. The van der Waals surface area contributed by atoms with Crippen LogP contribution in [0.5, 0.6) is 11.5 Å². The number of aromatic nitrogens is 2. The van der Waals surface area contributed by atoms with Crippen molar-refractivity contribution >= 4 is 21.6 Å². The molecule has 0 aliphatic rings. The summed E-state index contributed by atoms with van der Waals surface area (Å²) in [5.74, 6) is 1.62. The molecule has 1 N–H and O–H groups in total. The van der Waals surface area contributed by atoms with Crippen LogP contribution in [0.1, 0.15) is 25.7 Å². The number of nitrogens with one attached hydrogen (secondary N) is 1. The van der Waals surface area contributed by atoms with E-state index in [4.69, 9.17) is 14.0 Å². The average Bonchev–Trinajstić information content (AvgIpc) is 3.29. The van der Waals surface area contributed by atoms with E-state index >= 15 is 0 Å². The number of hydrogen-bond acceptors (Lipinski definition) is 8. The fourth-order valence-electron chi connectivity index (χ4n) is 3.26. The number of carbonyl (C=O) groups is 1. The number of hydrogen-bond donors (Lipinski definition) is 1. The normalized spacial score (nSPS) is 11.1. The monoisotopic (exact) mass is 488 g/mol. The van der Waals surface area contributed by atoms with Crippen molar-refractivity contribution in [3.63, 3.8) is 0 Å². The highest BCUT2D eigenvalue weighted by atomic mass is 32.2. The molecule has 11 heteroatoms. The summed E-state index contributed by atoms with van der Waals surface area (Å²) in [6, 6.07) is 14.1. The molecule has 0 bridgehead atoms. The molecular formula is C23H28N4O6S. The number of sulfonamides is 1. The van der Waals surface area contributed by atoms with Crippen LogP contribution in [0.25, 0.3) is 11.4 Å². The standard InChI is InChI=1S/C23H28N4O6S/c1-4-32-18-13-11-17(12-14-18)23-25-22(33-26-23)16-24-21(28)10-7-15-27(34(3,29)30)19-8-5-6-9-20(19)31-2/h5-6,8-9,11-14H,4,7,10,15-16H2,1-3H3,(H,24,28). The van der Waals surface area contributed by atoms with Crippen LogP contribution in [0.3, 0.4) is 0 Å². The Morgan fingerprint density at radius 3 is 2.56 bits per heavy atom. The summed E-state index contributed by atoms with van der Waals surface area (Å²) in [6.07, 6.45) is 1.57. The quantitative estimate of drug-likeness (QED) is 0.413. The van der Waals surface area contributed by atoms with Crippen molar-refractivity contribution in [2.45, 2.75) is 26.3 Å². The lowest BCUT2D eigenvalue weighted by atomic mass is 10.2. The lowest BCUT2D eigenvalue weighted by Gasteiger charge is -2.24. The van der Waals surface area contributed by atoms with Crippen LogP contribution in [0.2, 0.25) is 0 Å². The van der Waals surface area contributed by atoms with Gasteiger partial charge in [-0.1, -0.05) is 17.3 Å². The maximum atomic E-state index is 12.3. The minimum absolute atomic E-state index is 0.0746. The van der Waals surface area contributed by atoms with Crippen LogP contribution in [0, 0.1) is 0 Å². The van der Waals surface area contributed by atoms with E-state index in [9.17, 15) is 13.2 Å². The first-order valence-corrected chi connectivity index (χ1v) is 12.6. The fourth-order valence-corrected chi connectivity index (χ4v) is 4.23. The summed E-state index contributed by atoms with van der Waals surface area (Å²) in [4.78, 5) is 16.6. The second-order valence-electron chi connectivity index (χ2n) is 7.36. The topological polar surface area (TPSA) is 124 Å². The molecule has 0 spiro atoms. The Labute approximate surface area is 198 Å². The van der Waals surface area contributed by atoms with Gasteiger partial charge >= 0.3 is 0 Å². The van der Waals surface area contributed by atoms with E-state index in [1.54, 1.807) is 24.3 Å². The maximum Gasteiger partial charge on any atom is 0.246 e. The summed E-state index contributed by atoms with van der Waals surface area (Å²) in [7, 11) is -2.08. The summed E-state index contributed by atoms with van der Waals surface area (Å²) >= 11 is 0. The molecule has 1 heterocycles. The van der Waals surface area contributed by atoms with Gasteiger partial charge in [0.15, 0.2) is 0 Å². The Kier molecular flexibility index (Phi) is 8.47. The van der Waals surface area contributed by atoms with E-state index in [-0.39, 0.29) is 31.3 Å². The molecule has 0 saturated heterocycles. The zero-order valence-electron chi connectivity index (χ0n) is 19.4. The number of para-hydroxylation sites is 2. The van der Waals surface area contributed by atoms with E-state index in [2.05, 4.69) is 15.5 Å². The third-order valence-electron chi connectivity index (χ3n) is 4.85. The zero-order chi connectivity index (χ0) is 24.6. The number of rotatable bonds is 12. The predicted molar refractivity (Wildman–Crippen MR) is 127 cm³/mol. The predicted octanol–water partition coefficient (Wildman–Crippen LogP) is 3.01. The molecule has 0 atom stereocenters. The fraction of sp³-hybridized carbons (Fsp3) is 0.348. The SMILES string of the molecule is CCOc1ccc(-c2noc(CNC(=O)CCCN(c3ccccc3OC)S(C)(=O)=O)n2)cc1. The molecule has 0 aliphatic carbocycles. The van der Waals surface area contributed by atoms with E-state index in [1.165, 1.54) is 11.4 Å². The van der Waals surface area contributed by atoms with Crippen molar-refractivity contribution in [1.29, 1.82) is 0 Å². The Bertz CT molecular complexity index is 1190. The molecule has 0 aliphatic heterocycles. The summed E-state index contributed by atoms with van der Waals surface area (Å²) in [5.41, 5.74) is 1.20. The second kappa shape index (κ2) is 11.5. The third-order valence-corrected chi connectivity index (χ3v) is 6.03. The van der Waals surface area contributed by atoms with E-state index < -0.39 is 10.0 Å². The molecule has 1 amide bonds. The number of benzene rings is 2. The molecule has 0 saturated carbocycles. The average molecular weight is 489 g/mol. The van der Waals surface area contributed by atoms with Crippen LogP contribution >= 0.6 is 0 Å². The van der Waals surface area contributed by atoms with Crippen molar-refractivity contribution in [2.75, 3.05) is 30.8 Å². The van der Waals surface area contributed by atoms with Gasteiger partial charge in [0.2, 0.25) is 27.6 Å². The molecule has 0 unspecified atom stereocenters. The van der Waals surface area contributed by atoms with Gasteiger partial charge in [0, 0.05) is 18.5 Å². The lowest BCUT2D eigenvalue weighted by molar-refractivity contribution is -0.121. The van der Waals surface area contributed by atoms with Gasteiger partial charge in [-0.15, -0.1) is 0 Å². The Hall–Kier alpha value is -3.60. The van der Waals surface area contributed by atoms with Gasteiger partial charge in [-0.05, 0) is 49.7 Å². The van der Waals surface area contributed by atoms with Gasteiger partial charge in [0.05, 0.1) is 32.2 Å². The minimum atomic E-state index is -3.55. The molecule has 0 radical (unpaired) electrons. The molecule has 0 fully saturated rings. The summed E-state index contributed by atoms with van der Waals surface area (Å²) in [6.45, 7) is 2.70. The van der Waals surface area contributed by atoms with E-state index in [0.717, 1.165) is 17.6 Å². The van der Waals surface area contributed by atoms with Crippen LogP contribution in [-0.4, -0.2) is 51.0 Å². The van der Waals surface area contributed by atoms with Gasteiger partial charge in [0.25, 0.3) is 0 Å². The van der Waals surface area contributed by atoms with Gasteiger partial charge < -0.3 is 19.3 Å². The first-order valence-electron chi connectivity index (χ1n) is 10.7. The number of nitrogens with zero attached hydrogens (tertiary/aromatic N) is 3. The Balaban J connectivity index is 1.51. The smallest absolute Gasteiger partial charge is 0.246 e. The lowest BCUT2D eigenvalue weighted by Crippen LogP contribution is -2.32. The zero-order valence-corrected chi connectivity index (χ0v) is 20.2. The van der Waals surface area contributed by atoms with Crippen molar-refractivity contribution in [3.05, 3.63) is 54.4 Å². The van der Waals surface area contributed by atoms with Crippen LogP contribution < -0.4 is 19.1 Å². The Morgan fingerprint density at radius 2 is 1.88 bits per heavy atom. The molecule has 10 nitrogen and oxygen atoms in total. The number of methoxy groups -OCH3 is 1. The number of anilines is 1. The van der Waals surface area contributed by atoms with E-state index in [0.29, 0.717) is 30.3 Å². The van der Waals surface area contributed by atoms with Gasteiger partial charge in [-0.25, -0.2) is 8.42 Å². The van der Waals surface area contributed by atoms with Crippen molar-refractivity contribution in [3.8, 4) is 22.9 Å². The maximum absolute atomic E-state index is 12.3. The molecular weight excluding hydrogens is 460 g/mol. The molecule has 3 rings (SSSR count). The highest BCUT2D eigenvalue weighted by Gasteiger charge is 2.21. The molecule has 34 heavy (non-hydrogen) atoms. The summed E-state index contributed by atoms with van der Waals surface area (Å²) in [5, 5.41) is 6.66. The van der Waals surface area contributed by atoms with Crippen LogP contribution in [0.4, 0.5) is 5.69 Å². The first kappa shape index (κ1) is 25.0. The van der Waals surface area contributed by atoms with Gasteiger partial charge in [-0.3, -0.25) is 9.10 Å². The van der Waals surface area contributed by atoms with Gasteiger partial charge in [0.1, 0.15) is 11.5 Å². The van der Waals surface area contributed by atoms with Gasteiger partial charge in [-0.2, -0.15) is 4.98 Å². The van der Waals surface area contributed by atoms with E-state index in [1.807, 2.05) is 31.2 Å². The minimum Gasteiger partial charge on any atom is -0.495 e. The Morgan fingerprint density at radius 1 is 1.15 bits per heavy atom. The number of amides is 1. The van der Waals surface area contributed by atoms with Crippen molar-refractivity contribution in [1.82, 2.24) is 15.5 Å². The van der Waals surface area contributed by atoms with Crippen LogP contribution in [-0.2, 0) is 21.4 Å². The molecule has 182 valence electrons. The second-order valence-corrected chi connectivity index (χ2v) is 9.26.